The van der Waals surface area contributed by atoms with Gasteiger partial charge in [-0.3, -0.25) is 4.68 Å². The van der Waals surface area contributed by atoms with Crippen molar-refractivity contribution in [2.45, 2.75) is 59.6 Å². The maximum Gasteiger partial charge on any atom is 0.107 e. The minimum Gasteiger partial charge on any atom is -0.466 e. The maximum atomic E-state index is 10.9. The van der Waals surface area contributed by atoms with Crippen LogP contribution in [-0.4, -0.2) is 21.4 Å². The van der Waals surface area contributed by atoms with Gasteiger partial charge < -0.3 is 14.8 Å². The third-order valence-electron chi connectivity index (χ3n) is 4.64. The van der Waals surface area contributed by atoms with Crippen molar-refractivity contribution in [2.24, 2.45) is 7.05 Å². The van der Waals surface area contributed by atoms with Gasteiger partial charge in [0.1, 0.15) is 17.1 Å². The molecule has 0 amide bonds. The number of furan rings is 1. The first-order chi connectivity index (χ1) is 10.7. The fourth-order valence-corrected chi connectivity index (χ4v) is 3.33. The predicted molar refractivity (Wildman–Crippen MR) is 91.5 cm³/mol. The highest BCUT2D eigenvalue weighted by Gasteiger charge is 2.29. The SMILES string of the molecule is CCC(NCC(C)(O)c1cc(C)oc1C)c1c(C)nn(C)c1C. The van der Waals surface area contributed by atoms with Gasteiger partial charge in [0, 0.05) is 36.5 Å². The second-order valence-electron chi connectivity index (χ2n) is 6.65. The van der Waals surface area contributed by atoms with E-state index >= 15 is 0 Å². The normalized spacial score (nSPS) is 15.7. The van der Waals surface area contributed by atoms with Gasteiger partial charge in [-0.15, -0.1) is 0 Å². The lowest BCUT2D eigenvalue weighted by Gasteiger charge is -2.27. The van der Waals surface area contributed by atoms with E-state index in [1.165, 1.54) is 5.56 Å². The molecule has 0 aromatic carbocycles. The average molecular weight is 319 g/mol. The van der Waals surface area contributed by atoms with Gasteiger partial charge >= 0.3 is 0 Å². The summed E-state index contributed by atoms with van der Waals surface area (Å²) in [5.41, 5.74) is 3.30. The van der Waals surface area contributed by atoms with Crippen molar-refractivity contribution in [3.63, 3.8) is 0 Å². The molecule has 0 aliphatic heterocycles. The molecule has 0 bridgehead atoms. The minimum atomic E-state index is -0.973. The first-order valence-electron chi connectivity index (χ1n) is 8.20. The largest absolute Gasteiger partial charge is 0.466 e. The number of rotatable bonds is 6. The quantitative estimate of drug-likeness (QED) is 0.858. The molecule has 5 nitrogen and oxygen atoms in total. The van der Waals surface area contributed by atoms with Crippen LogP contribution in [-0.2, 0) is 12.6 Å². The Kier molecular flexibility index (Phi) is 5.01. The lowest BCUT2D eigenvalue weighted by atomic mass is 9.94. The van der Waals surface area contributed by atoms with Crippen molar-refractivity contribution in [3.8, 4) is 0 Å². The number of nitrogens with zero attached hydrogens (tertiary/aromatic N) is 2. The van der Waals surface area contributed by atoms with E-state index in [1.54, 1.807) is 0 Å². The Morgan fingerprint density at radius 3 is 2.43 bits per heavy atom. The summed E-state index contributed by atoms with van der Waals surface area (Å²) >= 11 is 0. The lowest BCUT2D eigenvalue weighted by Crippen LogP contribution is -2.37. The standard InChI is InChI=1S/C18H29N3O2/c1-8-16(17-12(3)20-21(7)13(17)4)19-10-18(6,22)15-9-11(2)23-14(15)5/h9,16,19,22H,8,10H2,1-7H3. The first-order valence-corrected chi connectivity index (χ1v) is 8.20. The van der Waals surface area contributed by atoms with Crippen LogP contribution in [0, 0.1) is 27.7 Å². The van der Waals surface area contributed by atoms with Crippen molar-refractivity contribution in [1.29, 1.82) is 0 Å². The molecule has 5 heteroatoms. The van der Waals surface area contributed by atoms with Gasteiger partial charge in [0.2, 0.25) is 0 Å². The van der Waals surface area contributed by atoms with E-state index in [0.29, 0.717) is 6.54 Å². The van der Waals surface area contributed by atoms with Crippen LogP contribution >= 0.6 is 0 Å². The topological polar surface area (TPSA) is 63.2 Å². The second kappa shape index (κ2) is 6.49. The molecule has 2 rings (SSSR count). The van der Waals surface area contributed by atoms with Crippen LogP contribution in [0.4, 0.5) is 0 Å². The zero-order valence-electron chi connectivity index (χ0n) is 15.3. The molecule has 2 aromatic rings. The fraction of sp³-hybridized carbons (Fsp3) is 0.611. The number of aromatic nitrogens is 2. The third kappa shape index (κ3) is 3.51. The molecule has 128 valence electrons. The van der Waals surface area contributed by atoms with E-state index in [0.717, 1.165) is 34.9 Å². The molecule has 0 saturated heterocycles. The highest BCUT2D eigenvalue weighted by molar-refractivity contribution is 5.29. The zero-order chi connectivity index (χ0) is 17.4. The molecular formula is C18H29N3O2. The van der Waals surface area contributed by atoms with Gasteiger partial charge in [0.15, 0.2) is 0 Å². The van der Waals surface area contributed by atoms with Crippen molar-refractivity contribution in [2.75, 3.05) is 6.54 Å². The molecule has 0 aliphatic rings. The van der Waals surface area contributed by atoms with Gasteiger partial charge in [-0.1, -0.05) is 6.92 Å². The van der Waals surface area contributed by atoms with Gasteiger partial charge in [-0.25, -0.2) is 0 Å². The Hall–Kier alpha value is -1.59. The predicted octanol–water partition coefficient (Wildman–Crippen LogP) is 3.20. The number of hydrogen-bond donors (Lipinski definition) is 2. The fourth-order valence-electron chi connectivity index (χ4n) is 3.33. The van der Waals surface area contributed by atoms with Crippen molar-refractivity contribution in [3.05, 3.63) is 40.1 Å². The average Bonchev–Trinajstić information content (AvgIpc) is 2.93. The molecule has 2 heterocycles. The summed E-state index contributed by atoms with van der Waals surface area (Å²) in [5, 5.41) is 18.9. The highest BCUT2D eigenvalue weighted by atomic mass is 16.3. The van der Waals surface area contributed by atoms with Crippen LogP contribution in [0.1, 0.15) is 60.3 Å². The maximum absolute atomic E-state index is 10.9. The summed E-state index contributed by atoms with van der Waals surface area (Å²) in [6.45, 7) is 12.3. The van der Waals surface area contributed by atoms with Gasteiger partial charge in [0.05, 0.1) is 5.69 Å². The van der Waals surface area contributed by atoms with Crippen molar-refractivity contribution in [1.82, 2.24) is 15.1 Å². The molecule has 0 aliphatic carbocycles. The van der Waals surface area contributed by atoms with Crippen LogP contribution in [0.2, 0.25) is 0 Å². The van der Waals surface area contributed by atoms with E-state index in [-0.39, 0.29) is 6.04 Å². The summed E-state index contributed by atoms with van der Waals surface area (Å²) in [5.74, 6) is 1.60. The summed E-state index contributed by atoms with van der Waals surface area (Å²) < 4.78 is 7.47. The van der Waals surface area contributed by atoms with E-state index in [2.05, 4.69) is 24.3 Å². The lowest BCUT2D eigenvalue weighted by molar-refractivity contribution is 0.0521. The van der Waals surface area contributed by atoms with E-state index < -0.39 is 5.60 Å². The van der Waals surface area contributed by atoms with Crippen molar-refractivity contribution < 1.29 is 9.52 Å². The monoisotopic (exact) mass is 319 g/mol. The Balaban J connectivity index is 2.18. The molecule has 2 N–H and O–H groups in total. The minimum absolute atomic E-state index is 0.170. The molecule has 0 saturated carbocycles. The molecule has 2 atom stereocenters. The van der Waals surface area contributed by atoms with Crippen LogP contribution in [0.3, 0.4) is 0 Å². The summed E-state index contributed by atoms with van der Waals surface area (Å²) in [7, 11) is 1.96. The smallest absolute Gasteiger partial charge is 0.107 e. The van der Waals surface area contributed by atoms with Gasteiger partial charge in [0.25, 0.3) is 0 Å². The van der Waals surface area contributed by atoms with Crippen LogP contribution < -0.4 is 5.32 Å². The molecule has 0 spiro atoms. The number of aliphatic hydroxyl groups is 1. The summed E-state index contributed by atoms with van der Waals surface area (Å²) in [4.78, 5) is 0. The summed E-state index contributed by atoms with van der Waals surface area (Å²) in [6, 6.07) is 2.09. The molecule has 0 fully saturated rings. The zero-order valence-corrected chi connectivity index (χ0v) is 15.3. The highest BCUT2D eigenvalue weighted by Crippen LogP contribution is 2.29. The Labute approximate surface area is 138 Å². The van der Waals surface area contributed by atoms with Gasteiger partial charge in [-0.05, 0) is 47.1 Å². The van der Waals surface area contributed by atoms with Crippen LogP contribution in [0.15, 0.2) is 10.5 Å². The van der Waals surface area contributed by atoms with Gasteiger partial charge in [-0.2, -0.15) is 5.10 Å². The Bertz CT molecular complexity index is 683. The Morgan fingerprint density at radius 2 is 2.00 bits per heavy atom. The van der Waals surface area contributed by atoms with E-state index in [4.69, 9.17) is 4.42 Å². The number of nitrogens with one attached hydrogen (secondary N) is 1. The third-order valence-corrected chi connectivity index (χ3v) is 4.64. The van der Waals surface area contributed by atoms with Crippen LogP contribution in [0.5, 0.6) is 0 Å². The van der Waals surface area contributed by atoms with Crippen LogP contribution in [0.25, 0.3) is 0 Å². The summed E-state index contributed by atoms with van der Waals surface area (Å²) in [6.07, 6.45) is 0.937. The molecule has 0 radical (unpaired) electrons. The first kappa shape index (κ1) is 17.8. The number of hydrogen-bond acceptors (Lipinski definition) is 4. The molecular weight excluding hydrogens is 290 g/mol. The number of aryl methyl sites for hydroxylation is 4. The Morgan fingerprint density at radius 1 is 1.35 bits per heavy atom. The van der Waals surface area contributed by atoms with E-state index in [9.17, 15) is 5.11 Å². The van der Waals surface area contributed by atoms with E-state index in [1.807, 2.05) is 45.5 Å². The second-order valence-corrected chi connectivity index (χ2v) is 6.65. The molecule has 2 aromatic heterocycles. The molecule has 23 heavy (non-hydrogen) atoms. The van der Waals surface area contributed by atoms with Crippen molar-refractivity contribution >= 4 is 0 Å². The molecule has 2 unspecified atom stereocenters.